The van der Waals surface area contributed by atoms with E-state index in [1.54, 1.807) is 18.2 Å². The van der Waals surface area contributed by atoms with Gasteiger partial charge in [-0.1, -0.05) is 18.2 Å². The molecule has 0 aliphatic carbocycles. The molecule has 0 amide bonds. The maximum Gasteiger partial charge on any atom is 0.360 e. The number of carbonyl (C=O) groups excluding carboxylic acids is 1. The molecular formula is C19H13N3O5. The number of esters is 1. The highest BCUT2D eigenvalue weighted by molar-refractivity contribution is 5.87. The van der Waals surface area contributed by atoms with Gasteiger partial charge in [-0.3, -0.25) is 0 Å². The Labute approximate surface area is 152 Å². The highest BCUT2D eigenvalue weighted by Gasteiger charge is 2.15. The highest BCUT2D eigenvalue weighted by atomic mass is 16.5. The Kier molecular flexibility index (Phi) is 4.13. The number of phenolic OH excluding ortho intramolecular Hbond substituents is 1. The average molecular weight is 363 g/mol. The van der Waals surface area contributed by atoms with Gasteiger partial charge in [-0.2, -0.15) is 9.90 Å². The minimum absolute atomic E-state index is 0.0303. The highest BCUT2D eigenvalue weighted by Crippen LogP contribution is 2.22. The number of aromatic hydroxyl groups is 1. The summed E-state index contributed by atoms with van der Waals surface area (Å²) in [5.74, 6) is -0.699. The number of aromatic nitrogens is 3. The van der Waals surface area contributed by atoms with Crippen LogP contribution in [0.3, 0.4) is 0 Å². The minimum atomic E-state index is -0.669. The van der Waals surface area contributed by atoms with Crippen LogP contribution in [0, 0.1) is 0 Å². The van der Waals surface area contributed by atoms with Crippen LogP contribution in [0.25, 0.3) is 16.7 Å². The predicted molar refractivity (Wildman–Crippen MR) is 94.6 cm³/mol. The molecule has 0 fully saturated rings. The third-order valence-corrected chi connectivity index (χ3v) is 3.86. The van der Waals surface area contributed by atoms with Crippen molar-refractivity contribution in [2.24, 2.45) is 0 Å². The molecule has 0 unspecified atom stereocenters. The molecule has 8 nitrogen and oxygen atoms in total. The van der Waals surface area contributed by atoms with Gasteiger partial charge in [0.15, 0.2) is 5.69 Å². The van der Waals surface area contributed by atoms with Crippen molar-refractivity contribution in [2.75, 3.05) is 0 Å². The summed E-state index contributed by atoms with van der Waals surface area (Å²) in [6.07, 6.45) is 1.31. The van der Waals surface area contributed by atoms with Crippen LogP contribution in [0.5, 0.6) is 5.75 Å². The van der Waals surface area contributed by atoms with E-state index in [1.807, 2.05) is 18.2 Å². The van der Waals surface area contributed by atoms with E-state index in [0.717, 1.165) is 0 Å². The fourth-order valence-corrected chi connectivity index (χ4v) is 2.60. The number of carbonyl (C=O) groups is 1. The van der Waals surface area contributed by atoms with Crippen LogP contribution in [-0.4, -0.2) is 26.1 Å². The molecular weight excluding hydrogens is 350 g/mol. The van der Waals surface area contributed by atoms with Gasteiger partial charge < -0.3 is 14.3 Å². The van der Waals surface area contributed by atoms with Crippen LogP contribution in [0.1, 0.15) is 16.1 Å². The number of rotatable bonds is 4. The Bertz CT molecular complexity index is 1180. The molecule has 0 spiro atoms. The molecule has 2 aromatic heterocycles. The van der Waals surface area contributed by atoms with Crippen molar-refractivity contribution in [1.29, 1.82) is 0 Å². The van der Waals surface area contributed by atoms with Gasteiger partial charge in [-0.05, 0) is 24.3 Å². The zero-order chi connectivity index (χ0) is 18.8. The summed E-state index contributed by atoms with van der Waals surface area (Å²) in [5.41, 5.74) is 0.828. The second kappa shape index (κ2) is 6.75. The Morgan fingerprint density at radius 2 is 1.96 bits per heavy atom. The lowest BCUT2D eigenvalue weighted by atomic mass is 10.1. The summed E-state index contributed by atoms with van der Waals surface area (Å²) in [4.78, 5) is 25.3. The van der Waals surface area contributed by atoms with Crippen LogP contribution >= 0.6 is 0 Å². The quantitative estimate of drug-likeness (QED) is 0.438. The normalized spacial score (nSPS) is 10.8. The fraction of sp³-hybridized carbons (Fsp3) is 0.0526. The van der Waals surface area contributed by atoms with E-state index >= 15 is 0 Å². The van der Waals surface area contributed by atoms with E-state index in [0.29, 0.717) is 16.6 Å². The van der Waals surface area contributed by atoms with E-state index in [4.69, 9.17) is 9.15 Å². The molecule has 0 atom stereocenters. The van der Waals surface area contributed by atoms with Gasteiger partial charge in [0.25, 0.3) is 0 Å². The summed E-state index contributed by atoms with van der Waals surface area (Å²) >= 11 is 0. The number of para-hydroxylation sites is 1. The SMILES string of the molecule is O=C(OCc1cc(=O)oc2cc(O)ccc12)c1cnn(-c2ccccc2)n1. The van der Waals surface area contributed by atoms with Crippen molar-refractivity contribution < 1.29 is 19.1 Å². The number of hydrogen-bond donors (Lipinski definition) is 1. The molecule has 4 aromatic rings. The van der Waals surface area contributed by atoms with Gasteiger partial charge in [0.2, 0.25) is 0 Å². The van der Waals surface area contributed by atoms with Crippen LogP contribution < -0.4 is 5.63 Å². The van der Waals surface area contributed by atoms with Crippen LogP contribution in [0.2, 0.25) is 0 Å². The molecule has 2 aromatic carbocycles. The first-order valence-electron chi connectivity index (χ1n) is 8.01. The molecule has 8 heteroatoms. The topological polar surface area (TPSA) is 107 Å². The monoisotopic (exact) mass is 363 g/mol. The van der Waals surface area contributed by atoms with Crippen molar-refractivity contribution in [3.05, 3.63) is 82.5 Å². The van der Waals surface area contributed by atoms with Gasteiger partial charge in [0, 0.05) is 23.1 Å². The molecule has 2 heterocycles. The molecule has 4 rings (SSSR count). The van der Waals surface area contributed by atoms with Crippen molar-refractivity contribution >= 4 is 16.9 Å². The van der Waals surface area contributed by atoms with Gasteiger partial charge in [-0.25, -0.2) is 9.59 Å². The van der Waals surface area contributed by atoms with Crippen molar-refractivity contribution in [2.45, 2.75) is 6.61 Å². The van der Waals surface area contributed by atoms with Crippen molar-refractivity contribution in [1.82, 2.24) is 15.0 Å². The Hall–Kier alpha value is -3.94. The first-order chi connectivity index (χ1) is 13.1. The van der Waals surface area contributed by atoms with E-state index < -0.39 is 11.6 Å². The molecule has 0 aliphatic heterocycles. The fourth-order valence-electron chi connectivity index (χ4n) is 2.60. The molecule has 0 saturated carbocycles. The lowest BCUT2D eigenvalue weighted by Crippen LogP contribution is -2.09. The summed E-state index contributed by atoms with van der Waals surface area (Å²) in [6.45, 7) is -0.149. The summed E-state index contributed by atoms with van der Waals surface area (Å²) in [6, 6.07) is 14.8. The molecule has 27 heavy (non-hydrogen) atoms. The van der Waals surface area contributed by atoms with Crippen LogP contribution in [0.4, 0.5) is 0 Å². The maximum absolute atomic E-state index is 12.3. The second-order valence-electron chi connectivity index (χ2n) is 5.70. The van der Waals surface area contributed by atoms with Gasteiger partial charge in [0.1, 0.15) is 17.9 Å². The number of ether oxygens (including phenoxy) is 1. The lowest BCUT2D eigenvalue weighted by molar-refractivity contribution is 0.0466. The van der Waals surface area contributed by atoms with Gasteiger partial charge >= 0.3 is 11.6 Å². The zero-order valence-corrected chi connectivity index (χ0v) is 13.9. The molecule has 0 bridgehead atoms. The number of phenols is 1. The largest absolute Gasteiger partial charge is 0.508 e. The van der Waals surface area contributed by atoms with Gasteiger partial charge in [0.05, 0.1) is 11.9 Å². The van der Waals surface area contributed by atoms with E-state index in [-0.39, 0.29) is 23.6 Å². The lowest BCUT2D eigenvalue weighted by Gasteiger charge is -2.06. The van der Waals surface area contributed by atoms with Crippen molar-refractivity contribution in [3.63, 3.8) is 0 Å². The molecule has 0 radical (unpaired) electrons. The standard InChI is InChI=1S/C19H13N3O5/c23-14-6-7-15-12(8-18(24)27-17(15)9-14)11-26-19(25)16-10-20-22(21-16)13-4-2-1-3-5-13/h1-10,23H,11H2. The Balaban J connectivity index is 1.54. The zero-order valence-electron chi connectivity index (χ0n) is 13.9. The summed E-state index contributed by atoms with van der Waals surface area (Å²) in [7, 11) is 0. The number of fused-ring (bicyclic) bond motifs is 1. The third kappa shape index (κ3) is 3.40. The predicted octanol–water partition coefficient (Wildman–Crippen LogP) is 2.44. The first kappa shape index (κ1) is 16.5. The molecule has 0 saturated heterocycles. The first-order valence-corrected chi connectivity index (χ1v) is 8.01. The Morgan fingerprint density at radius 3 is 2.78 bits per heavy atom. The average Bonchev–Trinajstić information content (AvgIpc) is 3.16. The number of nitrogens with zero attached hydrogens (tertiary/aromatic N) is 3. The minimum Gasteiger partial charge on any atom is -0.508 e. The van der Waals surface area contributed by atoms with Gasteiger partial charge in [-0.15, -0.1) is 5.10 Å². The summed E-state index contributed by atoms with van der Waals surface area (Å²) in [5, 5.41) is 18.2. The third-order valence-electron chi connectivity index (χ3n) is 3.86. The van der Waals surface area contributed by atoms with Crippen molar-refractivity contribution in [3.8, 4) is 11.4 Å². The molecule has 0 aliphatic rings. The maximum atomic E-state index is 12.3. The van der Waals surface area contributed by atoms with E-state index in [1.165, 1.54) is 29.2 Å². The van der Waals surface area contributed by atoms with Crippen LogP contribution in [0.15, 0.2) is 70.0 Å². The smallest absolute Gasteiger partial charge is 0.360 e. The Morgan fingerprint density at radius 1 is 1.15 bits per heavy atom. The van der Waals surface area contributed by atoms with E-state index in [2.05, 4.69) is 10.2 Å². The van der Waals surface area contributed by atoms with E-state index in [9.17, 15) is 14.7 Å². The number of hydrogen-bond acceptors (Lipinski definition) is 7. The molecule has 134 valence electrons. The summed E-state index contributed by atoms with van der Waals surface area (Å²) < 4.78 is 10.3. The number of benzene rings is 2. The molecule has 1 N–H and O–H groups in total. The second-order valence-corrected chi connectivity index (χ2v) is 5.70. The van der Waals surface area contributed by atoms with Crippen LogP contribution in [-0.2, 0) is 11.3 Å².